The van der Waals surface area contributed by atoms with Gasteiger partial charge in [-0.05, 0) is 35.6 Å². The molecule has 1 amide bonds. The van der Waals surface area contributed by atoms with Gasteiger partial charge >= 0.3 is 0 Å². The quantitative estimate of drug-likeness (QED) is 0.534. The van der Waals surface area contributed by atoms with E-state index in [0.29, 0.717) is 16.8 Å². The summed E-state index contributed by atoms with van der Waals surface area (Å²) in [5.74, 6) is 0.0747. The van der Waals surface area contributed by atoms with Crippen LogP contribution in [-0.4, -0.2) is 36.4 Å². The van der Waals surface area contributed by atoms with E-state index < -0.39 is 11.6 Å². The molecule has 162 valence electrons. The molecular weight excluding hydrogens is 418 g/mol. The Morgan fingerprint density at radius 3 is 2.58 bits per heavy atom. The lowest BCUT2D eigenvalue weighted by Gasteiger charge is -2.26. The van der Waals surface area contributed by atoms with Crippen LogP contribution in [0.2, 0.25) is 0 Å². The molecule has 1 heterocycles. The van der Waals surface area contributed by atoms with Crippen molar-refractivity contribution >= 4 is 40.3 Å². The van der Waals surface area contributed by atoms with E-state index in [4.69, 9.17) is 5.41 Å². The summed E-state index contributed by atoms with van der Waals surface area (Å²) in [4.78, 5) is 13.9. The summed E-state index contributed by atoms with van der Waals surface area (Å²) >= 11 is 1.76. The van der Waals surface area contributed by atoms with Crippen molar-refractivity contribution in [1.82, 2.24) is 10.2 Å². The predicted octanol–water partition coefficient (Wildman–Crippen LogP) is 4.90. The van der Waals surface area contributed by atoms with Crippen molar-refractivity contribution in [2.45, 2.75) is 12.7 Å². The summed E-state index contributed by atoms with van der Waals surface area (Å²) in [6.07, 6.45) is 3.10. The maximum absolute atomic E-state index is 14.3. The first-order chi connectivity index (χ1) is 14.8. The molecule has 31 heavy (non-hydrogen) atoms. The minimum absolute atomic E-state index is 0.0698. The van der Waals surface area contributed by atoms with Crippen LogP contribution >= 0.6 is 11.8 Å². The second-order valence-electron chi connectivity index (χ2n) is 6.95. The van der Waals surface area contributed by atoms with Gasteiger partial charge in [-0.2, -0.15) is 11.8 Å². The zero-order valence-corrected chi connectivity index (χ0v) is 18.4. The molecular formula is C23H24F2N4OS. The van der Waals surface area contributed by atoms with Crippen LogP contribution in [0.5, 0.6) is 0 Å². The fourth-order valence-electron chi connectivity index (χ4n) is 3.21. The molecule has 0 spiro atoms. The number of nitrogens with zero attached hydrogens (tertiary/aromatic N) is 1. The monoisotopic (exact) mass is 442 g/mol. The third kappa shape index (κ3) is 4.96. The zero-order valence-electron chi connectivity index (χ0n) is 17.6. The third-order valence-corrected chi connectivity index (χ3v) is 5.69. The number of halogens is 2. The van der Waals surface area contributed by atoms with Crippen LogP contribution in [0.1, 0.15) is 18.1 Å². The van der Waals surface area contributed by atoms with Crippen LogP contribution in [0.4, 0.5) is 20.2 Å². The molecule has 0 radical (unpaired) electrons. The Hall–Kier alpha value is -3.13. The molecule has 1 aliphatic rings. The average Bonchev–Trinajstić information content (AvgIpc) is 2.75. The highest BCUT2D eigenvalue weighted by Crippen LogP contribution is 2.34. The van der Waals surface area contributed by atoms with Gasteiger partial charge in [0.25, 0.3) is 5.91 Å². The molecule has 3 rings (SSSR count). The maximum Gasteiger partial charge on any atom is 0.261 e. The van der Waals surface area contributed by atoms with Crippen LogP contribution in [0.25, 0.3) is 5.57 Å². The summed E-state index contributed by atoms with van der Waals surface area (Å²) in [5, 5.41) is 14.5. The van der Waals surface area contributed by atoms with Crippen molar-refractivity contribution in [2.75, 3.05) is 25.2 Å². The van der Waals surface area contributed by atoms with Crippen LogP contribution in [-0.2, 0) is 10.5 Å². The molecule has 1 aliphatic heterocycles. The van der Waals surface area contributed by atoms with Crippen LogP contribution in [0.15, 0.2) is 54.4 Å². The number of rotatable bonds is 7. The summed E-state index contributed by atoms with van der Waals surface area (Å²) in [5.41, 5.74) is 3.20. The van der Waals surface area contributed by atoms with E-state index >= 15 is 0 Å². The number of anilines is 2. The van der Waals surface area contributed by atoms with E-state index in [0.717, 1.165) is 23.1 Å². The second kappa shape index (κ2) is 9.78. The normalized spacial score (nSPS) is 15.3. The molecule has 3 N–H and O–H groups in total. The van der Waals surface area contributed by atoms with Gasteiger partial charge < -0.3 is 15.5 Å². The predicted molar refractivity (Wildman–Crippen MR) is 124 cm³/mol. The molecule has 0 atom stereocenters. The van der Waals surface area contributed by atoms with Crippen LogP contribution in [0.3, 0.4) is 0 Å². The Balaban J connectivity index is 2.11. The molecule has 2 aromatic rings. The summed E-state index contributed by atoms with van der Waals surface area (Å²) < 4.78 is 27.6. The summed E-state index contributed by atoms with van der Waals surface area (Å²) in [6.45, 7) is 2.08. The van der Waals surface area contributed by atoms with Crippen molar-refractivity contribution in [1.29, 1.82) is 5.41 Å². The Morgan fingerprint density at radius 2 is 1.90 bits per heavy atom. The molecule has 5 nitrogen and oxygen atoms in total. The number of benzene rings is 2. The van der Waals surface area contributed by atoms with Crippen molar-refractivity contribution in [3.63, 3.8) is 0 Å². The Bertz CT molecular complexity index is 1080. The Morgan fingerprint density at radius 1 is 1.16 bits per heavy atom. The van der Waals surface area contributed by atoms with Crippen molar-refractivity contribution in [2.24, 2.45) is 0 Å². The number of hydrogen-bond donors (Lipinski definition) is 3. The number of hydrogen-bond acceptors (Lipinski definition) is 5. The highest BCUT2D eigenvalue weighted by Gasteiger charge is 2.28. The number of amides is 1. The minimum atomic E-state index is -0.715. The number of carbonyl (C=O) groups excluding carboxylic acids is 1. The lowest BCUT2D eigenvalue weighted by Crippen LogP contribution is -2.33. The van der Waals surface area contributed by atoms with Gasteiger partial charge in [0.1, 0.15) is 11.6 Å². The van der Waals surface area contributed by atoms with Crippen molar-refractivity contribution in [3.05, 3.63) is 77.1 Å². The van der Waals surface area contributed by atoms with Gasteiger partial charge in [0, 0.05) is 55.1 Å². The molecule has 0 saturated carbocycles. The van der Waals surface area contributed by atoms with E-state index in [1.165, 1.54) is 23.2 Å². The molecule has 0 saturated heterocycles. The number of thioether (sulfide) groups is 1. The smallest absolute Gasteiger partial charge is 0.261 e. The van der Waals surface area contributed by atoms with E-state index in [-0.39, 0.29) is 22.9 Å². The van der Waals surface area contributed by atoms with Crippen molar-refractivity contribution in [3.8, 4) is 0 Å². The number of carbonyl (C=O) groups is 1. The van der Waals surface area contributed by atoms with E-state index in [1.54, 1.807) is 32.1 Å². The Labute approximate surface area is 184 Å². The van der Waals surface area contributed by atoms with E-state index in [9.17, 15) is 13.6 Å². The summed E-state index contributed by atoms with van der Waals surface area (Å²) in [6, 6.07) is 9.01. The highest BCUT2D eigenvalue weighted by molar-refractivity contribution is 7.98. The van der Waals surface area contributed by atoms with Crippen LogP contribution < -0.4 is 10.6 Å². The maximum atomic E-state index is 14.3. The minimum Gasteiger partial charge on any atom is -0.393 e. The lowest BCUT2D eigenvalue weighted by molar-refractivity contribution is -0.123. The third-order valence-electron chi connectivity index (χ3n) is 4.75. The first kappa shape index (κ1) is 22.6. The van der Waals surface area contributed by atoms with Crippen LogP contribution in [0, 0.1) is 17.0 Å². The molecule has 0 fully saturated rings. The standard InChI is InChI=1S/C23H24F2N4OS/c1-4-31-13-14-5-7-20(28-21-8-6-15(24)10-19(21)25)16(9-14)18-12-29(3)23(30)17(11-27-2)22(18)26/h5-12,26-28H,4,13H2,1-3H3/b17-11+,26-22?. The SMILES string of the molecule is CCSCc1ccc(Nc2ccc(F)cc2F)c(C2=CN(C)C(=O)/C(=C/NC)C2=N)c1. The Kier molecular flexibility index (Phi) is 7.12. The summed E-state index contributed by atoms with van der Waals surface area (Å²) in [7, 11) is 3.29. The molecule has 0 bridgehead atoms. The molecule has 8 heteroatoms. The largest absolute Gasteiger partial charge is 0.393 e. The molecule has 0 aromatic heterocycles. The van der Waals surface area contributed by atoms with E-state index in [1.807, 2.05) is 18.2 Å². The first-order valence-corrected chi connectivity index (χ1v) is 10.9. The van der Waals surface area contributed by atoms with Gasteiger partial charge in [0.2, 0.25) is 0 Å². The first-order valence-electron chi connectivity index (χ1n) is 9.74. The van der Waals surface area contributed by atoms with Gasteiger partial charge in [-0.15, -0.1) is 0 Å². The van der Waals surface area contributed by atoms with Crippen molar-refractivity contribution < 1.29 is 13.6 Å². The lowest BCUT2D eigenvalue weighted by atomic mass is 9.91. The van der Waals surface area contributed by atoms with Gasteiger partial charge in [-0.25, -0.2) is 8.78 Å². The number of allylic oxidation sites excluding steroid dienone is 1. The molecule has 2 aromatic carbocycles. The second-order valence-corrected chi connectivity index (χ2v) is 8.22. The average molecular weight is 443 g/mol. The number of nitrogens with one attached hydrogen (secondary N) is 3. The zero-order chi connectivity index (χ0) is 22.5. The number of likely N-dealkylation sites (N-methyl/N-ethyl adjacent to an activating group) is 1. The van der Waals surface area contributed by atoms with Gasteiger partial charge in [0.05, 0.1) is 17.0 Å². The van der Waals surface area contributed by atoms with Gasteiger partial charge in [0.15, 0.2) is 0 Å². The molecule has 0 unspecified atom stereocenters. The van der Waals surface area contributed by atoms with E-state index in [2.05, 4.69) is 17.6 Å². The fourth-order valence-corrected chi connectivity index (χ4v) is 3.83. The fraction of sp³-hybridized carbons (Fsp3) is 0.217. The highest BCUT2D eigenvalue weighted by atomic mass is 32.2. The van der Waals surface area contributed by atoms with Gasteiger partial charge in [-0.1, -0.05) is 13.0 Å². The van der Waals surface area contributed by atoms with Gasteiger partial charge in [-0.3, -0.25) is 10.2 Å². The topological polar surface area (TPSA) is 68.2 Å². The molecule has 0 aliphatic carbocycles.